The monoisotopic (exact) mass is 569 g/mol. The fourth-order valence-electron chi connectivity index (χ4n) is 4.32. The van der Waals surface area contributed by atoms with Crippen LogP contribution in [0.5, 0.6) is 5.75 Å². The van der Waals surface area contributed by atoms with Crippen LogP contribution in [0.4, 0.5) is 0 Å². The topological polar surface area (TPSA) is 118 Å². The molecule has 3 rings (SSSR count). The highest BCUT2D eigenvalue weighted by atomic mass is 35.5. The molecule has 1 fully saturated rings. The van der Waals surface area contributed by atoms with Gasteiger partial charge in [0.15, 0.2) is 5.03 Å². The molecule has 212 valence electrons. The third-order valence-electron chi connectivity index (χ3n) is 6.39. The van der Waals surface area contributed by atoms with Gasteiger partial charge in [0, 0.05) is 19.2 Å². The van der Waals surface area contributed by atoms with E-state index in [1.165, 1.54) is 24.4 Å². The van der Waals surface area contributed by atoms with E-state index in [1.807, 2.05) is 0 Å². The lowest BCUT2D eigenvalue weighted by molar-refractivity contribution is -0.166. The van der Waals surface area contributed by atoms with Gasteiger partial charge in [0.05, 0.1) is 24.2 Å². The zero-order valence-electron chi connectivity index (χ0n) is 22.2. The lowest BCUT2D eigenvalue weighted by Crippen LogP contribution is -2.40. The minimum absolute atomic E-state index is 0. The Bertz CT molecular complexity index is 1090. The van der Waals surface area contributed by atoms with E-state index in [0.717, 1.165) is 51.6 Å². The number of carbonyl (C=O) groups excluding carboxylic acids is 1. The molecule has 0 atom stereocenters. The Morgan fingerprint density at radius 3 is 2.45 bits per heavy atom. The van der Waals surface area contributed by atoms with Gasteiger partial charge in [0.2, 0.25) is 15.7 Å². The van der Waals surface area contributed by atoms with Crippen LogP contribution in [0.25, 0.3) is 0 Å². The molecular weight excluding hydrogens is 530 g/mol. The number of benzene rings is 1. The minimum Gasteiger partial charge on any atom is -0.494 e. The molecule has 1 aliphatic rings. The molecule has 0 unspecified atom stereocenters. The fourth-order valence-corrected chi connectivity index (χ4v) is 5.56. The van der Waals surface area contributed by atoms with Crippen LogP contribution in [0.2, 0.25) is 0 Å². The van der Waals surface area contributed by atoms with Crippen LogP contribution in [0.1, 0.15) is 70.8 Å². The largest absolute Gasteiger partial charge is 0.494 e. The number of aromatic nitrogens is 1. The number of carbonyl (C=O) groups is 1. The second kappa shape index (κ2) is 16.0. The van der Waals surface area contributed by atoms with E-state index < -0.39 is 9.84 Å². The first kappa shape index (κ1) is 32.0. The molecular formula is C27H40ClN3O6S. The maximum Gasteiger partial charge on any atom is 0.236 e. The number of hydroxylamine groups is 1. The molecule has 1 heterocycles. The van der Waals surface area contributed by atoms with Gasteiger partial charge >= 0.3 is 0 Å². The number of unbranched alkanes of at least 4 members (excludes halogenated alkanes) is 1. The first-order valence-electron chi connectivity index (χ1n) is 13.1. The number of hydrogen-bond donors (Lipinski definition) is 2. The number of sulfone groups is 1. The predicted molar refractivity (Wildman–Crippen MR) is 146 cm³/mol. The molecule has 1 saturated carbocycles. The maximum absolute atomic E-state index is 13.1. The first-order chi connectivity index (χ1) is 17.8. The highest BCUT2D eigenvalue weighted by Crippen LogP contribution is 2.28. The molecule has 0 saturated heterocycles. The van der Waals surface area contributed by atoms with E-state index in [4.69, 9.17) is 9.47 Å². The van der Waals surface area contributed by atoms with Gasteiger partial charge < -0.3 is 9.47 Å². The second-order valence-electron chi connectivity index (χ2n) is 9.49. The Balaban J connectivity index is 0.00000507. The summed E-state index contributed by atoms with van der Waals surface area (Å²) in [5.74, 6) is 0.596. The minimum atomic E-state index is -3.86. The van der Waals surface area contributed by atoms with E-state index in [1.54, 1.807) is 18.2 Å². The van der Waals surface area contributed by atoms with Crippen molar-refractivity contribution in [2.24, 2.45) is 5.92 Å². The van der Waals surface area contributed by atoms with Gasteiger partial charge in [0.1, 0.15) is 5.75 Å². The smallest absolute Gasteiger partial charge is 0.236 e. The predicted octanol–water partition coefficient (Wildman–Crippen LogP) is 5.11. The first-order valence-corrected chi connectivity index (χ1v) is 14.6. The van der Waals surface area contributed by atoms with Gasteiger partial charge in [-0.3, -0.25) is 15.4 Å². The third-order valence-corrected chi connectivity index (χ3v) is 8.05. The average Bonchev–Trinajstić information content (AvgIpc) is 2.89. The molecule has 0 radical (unpaired) electrons. The molecule has 1 aromatic heterocycles. The summed E-state index contributed by atoms with van der Waals surface area (Å²) in [4.78, 5) is 16.5. The van der Waals surface area contributed by atoms with Crippen LogP contribution in [-0.4, -0.2) is 49.0 Å². The summed E-state index contributed by atoms with van der Waals surface area (Å²) in [7, 11) is -3.86. The number of nitrogens with one attached hydrogen (secondary N) is 1. The van der Waals surface area contributed by atoms with E-state index >= 15 is 0 Å². The van der Waals surface area contributed by atoms with Crippen molar-refractivity contribution in [2.45, 2.75) is 87.8 Å². The van der Waals surface area contributed by atoms with Crippen molar-refractivity contribution < 1.29 is 27.9 Å². The molecule has 11 heteroatoms. The number of pyridine rings is 1. The van der Waals surface area contributed by atoms with Crippen molar-refractivity contribution >= 4 is 28.2 Å². The highest BCUT2D eigenvalue weighted by Gasteiger charge is 2.24. The summed E-state index contributed by atoms with van der Waals surface area (Å²) in [5.41, 5.74) is 2.96. The number of hydrogen-bond acceptors (Lipinski definition) is 8. The number of amides is 1. The molecule has 38 heavy (non-hydrogen) atoms. The van der Waals surface area contributed by atoms with Crippen molar-refractivity contribution in [2.75, 3.05) is 13.2 Å². The van der Waals surface area contributed by atoms with Gasteiger partial charge in [0.25, 0.3) is 0 Å². The highest BCUT2D eigenvalue weighted by molar-refractivity contribution is 7.91. The lowest BCUT2D eigenvalue weighted by atomic mass is 9.85. The van der Waals surface area contributed by atoms with Crippen molar-refractivity contribution in [3.8, 4) is 5.75 Å². The number of rotatable bonds is 14. The average molecular weight is 570 g/mol. The quantitative estimate of drug-likeness (QED) is 0.238. The molecule has 9 nitrogen and oxygen atoms in total. The second-order valence-corrected chi connectivity index (χ2v) is 11.4. The molecule has 0 spiro atoms. The van der Waals surface area contributed by atoms with Crippen molar-refractivity contribution in [3.63, 3.8) is 0 Å². The molecule has 2 N–H and O–H groups in total. The van der Waals surface area contributed by atoms with E-state index in [-0.39, 0.29) is 46.8 Å². The molecule has 1 amide bonds. The third kappa shape index (κ3) is 9.81. The summed E-state index contributed by atoms with van der Waals surface area (Å²) in [5, 5.41) is 10.8. The van der Waals surface area contributed by atoms with Crippen LogP contribution >= 0.6 is 12.4 Å². The van der Waals surface area contributed by atoms with Gasteiger partial charge in [-0.1, -0.05) is 25.4 Å². The molecule has 1 aromatic carbocycles. The Morgan fingerprint density at radius 1 is 1.08 bits per heavy atom. The fraction of sp³-hybridized carbons (Fsp3) is 0.556. The number of halogens is 1. The van der Waals surface area contributed by atoms with Crippen molar-refractivity contribution in [1.29, 1.82) is 0 Å². The van der Waals surface area contributed by atoms with Crippen LogP contribution in [0.3, 0.4) is 0 Å². The van der Waals surface area contributed by atoms with Crippen LogP contribution in [0, 0.1) is 5.92 Å². The Morgan fingerprint density at radius 2 is 1.79 bits per heavy atom. The zero-order chi connectivity index (χ0) is 26.7. The standard InChI is InChI=1S/C27H39N3O6S.ClH/c1-3-5-17-36-24-10-12-25(13-11-24)37(33,34)27-19-22(14-15-28-27)20-30(32)29-26(31)18-21-6-8-23(9-7-21)35-16-4-2;/h10-15,19,21,23,32H,3-9,16-18,20H2,1-2H3,(H,29,31);1H. The summed E-state index contributed by atoms with van der Waals surface area (Å²) < 4.78 is 37.5. The van der Waals surface area contributed by atoms with Crippen LogP contribution in [-0.2, 0) is 25.9 Å². The maximum atomic E-state index is 13.1. The van der Waals surface area contributed by atoms with Crippen molar-refractivity contribution in [3.05, 3.63) is 48.2 Å². The zero-order valence-corrected chi connectivity index (χ0v) is 23.8. The van der Waals surface area contributed by atoms with E-state index in [2.05, 4.69) is 24.3 Å². The molecule has 1 aliphatic carbocycles. The number of hydrazine groups is 1. The summed E-state index contributed by atoms with van der Waals surface area (Å²) in [6.45, 7) is 5.43. The van der Waals surface area contributed by atoms with Gasteiger partial charge in [-0.2, -0.15) is 0 Å². The van der Waals surface area contributed by atoms with Crippen molar-refractivity contribution in [1.82, 2.24) is 15.6 Å². The number of ether oxygens (including phenoxy) is 2. The summed E-state index contributed by atoms with van der Waals surface area (Å²) in [6, 6.07) is 9.23. The number of nitrogens with zero attached hydrogens (tertiary/aromatic N) is 2. The SMILES string of the molecule is CCCCOc1ccc(S(=O)(=O)c2cc(CN(O)NC(=O)CC3CCC(OCCC)CC3)ccn2)cc1.Cl. The molecule has 0 aliphatic heterocycles. The molecule has 2 aromatic rings. The summed E-state index contributed by atoms with van der Waals surface area (Å²) in [6.07, 6.45) is 8.66. The molecule has 0 bridgehead atoms. The summed E-state index contributed by atoms with van der Waals surface area (Å²) >= 11 is 0. The Kier molecular flexibility index (Phi) is 13.5. The van der Waals surface area contributed by atoms with Gasteiger partial charge in [-0.15, -0.1) is 12.4 Å². The van der Waals surface area contributed by atoms with E-state index in [0.29, 0.717) is 29.5 Å². The lowest BCUT2D eigenvalue weighted by Gasteiger charge is -2.28. The van der Waals surface area contributed by atoms with Gasteiger partial charge in [-0.05, 0) is 86.4 Å². The van der Waals surface area contributed by atoms with Crippen LogP contribution in [0.15, 0.2) is 52.5 Å². The van der Waals surface area contributed by atoms with Gasteiger partial charge in [-0.25, -0.2) is 13.4 Å². The Hall–Kier alpha value is -2.24. The van der Waals surface area contributed by atoms with Crippen LogP contribution < -0.4 is 10.2 Å². The van der Waals surface area contributed by atoms with E-state index in [9.17, 15) is 18.4 Å². The Labute approximate surface area is 232 Å². The normalized spacial score (nSPS) is 17.6.